The van der Waals surface area contributed by atoms with Gasteiger partial charge in [-0.05, 0) is 122 Å². The highest BCUT2D eigenvalue weighted by atomic mass is 16.2. The number of hydrogen-bond donors (Lipinski definition) is 0. The first-order valence-electron chi connectivity index (χ1n) is 15.6. The van der Waals surface area contributed by atoms with Crippen LogP contribution in [0.15, 0.2) is 0 Å². The number of nitrogens with zero attached hydrogens (tertiary/aromatic N) is 2. The van der Waals surface area contributed by atoms with Gasteiger partial charge < -0.3 is 9.80 Å². The zero-order valence-corrected chi connectivity index (χ0v) is 24.7. The van der Waals surface area contributed by atoms with Gasteiger partial charge in [0.2, 0.25) is 11.8 Å². The topological polar surface area (TPSA) is 40.6 Å². The SMILES string of the molecule is CC12CC3(C)CC(C)(C1)CC(C(=O)N1CCCCN(C(=O)C45CC6(C)CC(C)(CC(C)(C6)C4)C5)C1)(C2)C3. The lowest BCUT2D eigenvalue weighted by atomic mass is 9.36. The van der Waals surface area contributed by atoms with Crippen LogP contribution in [0.3, 0.4) is 0 Å². The molecule has 0 atom stereocenters. The monoisotopic (exact) mass is 508 g/mol. The summed E-state index contributed by atoms with van der Waals surface area (Å²) in [4.78, 5) is 33.5. The second-order valence-corrected chi connectivity index (χ2v) is 18.5. The number of carbonyl (C=O) groups is 2. The van der Waals surface area contributed by atoms with Crippen LogP contribution in [-0.4, -0.2) is 41.4 Å². The summed E-state index contributed by atoms with van der Waals surface area (Å²) in [6.07, 6.45) is 16.1. The quantitative estimate of drug-likeness (QED) is 0.397. The van der Waals surface area contributed by atoms with Crippen molar-refractivity contribution >= 4 is 11.8 Å². The molecule has 1 aliphatic heterocycles. The van der Waals surface area contributed by atoms with E-state index < -0.39 is 0 Å². The van der Waals surface area contributed by atoms with E-state index in [9.17, 15) is 9.59 Å². The summed E-state index contributed by atoms with van der Waals surface area (Å²) in [5.74, 6) is 0.790. The van der Waals surface area contributed by atoms with Gasteiger partial charge in [0.05, 0.1) is 17.5 Å². The van der Waals surface area contributed by atoms with Gasteiger partial charge in [-0.2, -0.15) is 0 Å². The minimum Gasteiger partial charge on any atom is -0.324 e. The molecule has 4 nitrogen and oxygen atoms in total. The fourth-order valence-corrected chi connectivity index (χ4v) is 15.0. The molecule has 9 aliphatic rings. The van der Waals surface area contributed by atoms with Gasteiger partial charge in [-0.1, -0.05) is 41.5 Å². The lowest BCUT2D eigenvalue weighted by molar-refractivity contribution is -0.204. The molecule has 4 heteroatoms. The van der Waals surface area contributed by atoms with Crippen LogP contribution in [0.4, 0.5) is 0 Å². The Kier molecular flexibility index (Phi) is 4.71. The molecule has 1 saturated heterocycles. The van der Waals surface area contributed by atoms with E-state index in [1.54, 1.807) is 0 Å². The Morgan fingerprint density at radius 1 is 0.432 bits per heavy atom. The molecule has 0 spiro atoms. The molecule has 8 aliphatic carbocycles. The molecule has 8 bridgehead atoms. The number of amides is 2. The van der Waals surface area contributed by atoms with E-state index in [1.807, 2.05) is 0 Å². The molecule has 9 rings (SSSR count). The molecule has 9 fully saturated rings. The van der Waals surface area contributed by atoms with E-state index in [4.69, 9.17) is 0 Å². The number of carbonyl (C=O) groups excluding carboxylic acids is 2. The van der Waals surface area contributed by atoms with Gasteiger partial charge in [0.1, 0.15) is 0 Å². The van der Waals surface area contributed by atoms with Gasteiger partial charge >= 0.3 is 0 Å². The first-order valence-corrected chi connectivity index (χ1v) is 15.6. The summed E-state index contributed by atoms with van der Waals surface area (Å²) in [5, 5.41) is 0. The lowest BCUT2D eigenvalue weighted by Gasteiger charge is -2.69. The number of hydrogen-bond acceptors (Lipinski definition) is 2. The molecule has 0 unspecified atom stereocenters. The highest BCUT2D eigenvalue weighted by molar-refractivity contribution is 5.86. The van der Waals surface area contributed by atoms with Gasteiger partial charge in [-0.3, -0.25) is 9.59 Å². The zero-order chi connectivity index (χ0) is 26.3. The molecule has 1 heterocycles. The molecule has 8 saturated carbocycles. The van der Waals surface area contributed by atoms with Crippen molar-refractivity contribution in [3.8, 4) is 0 Å². The van der Waals surface area contributed by atoms with Crippen molar-refractivity contribution in [1.82, 2.24) is 9.80 Å². The van der Waals surface area contributed by atoms with Crippen molar-refractivity contribution in [1.29, 1.82) is 0 Å². The van der Waals surface area contributed by atoms with E-state index in [-0.39, 0.29) is 10.8 Å². The molecule has 0 N–H and O–H groups in total. The molecule has 2 amide bonds. The third-order valence-corrected chi connectivity index (χ3v) is 12.6. The summed E-state index contributed by atoms with van der Waals surface area (Å²) in [6, 6.07) is 0. The molecule has 206 valence electrons. The smallest absolute Gasteiger partial charge is 0.230 e. The third kappa shape index (κ3) is 3.65. The Balaban J connectivity index is 1.16. The molecule has 37 heavy (non-hydrogen) atoms. The Morgan fingerprint density at radius 2 is 0.676 bits per heavy atom. The zero-order valence-electron chi connectivity index (χ0n) is 24.7. The predicted octanol–water partition coefficient (Wildman–Crippen LogP) is 7.17. The molecular weight excluding hydrogens is 456 g/mol. The minimum atomic E-state index is -0.207. The van der Waals surface area contributed by atoms with Crippen LogP contribution in [0.2, 0.25) is 0 Å². The van der Waals surface area contributed by atoms with Crippen LogP contribution in [-0.2, 0) is 9.59 Å². The second kappa shape index (κ2) is 6.98. The van der Waals surface area contributed by atoms with Gasteiger partial charge in [0.15, 0.2) is 0 Å². The standard InChI is InChI=1S/C33H52N2O2/c1-26-11-27(2)13-28(3,12-26)19-32(17-26,18-27)24(36)34-9-7-8-10-35(23-34)25(37)33-20-29(4)14-30(5,21-33)16-31(6,15-29)22-33/h7-23H2,1-6H3. The van der Waals surface area contributed by atoms with Crippen LogP contribution in [0.5, 0.6) is 0 Å². The summed E-state index contributed by atoms with van der Waals surface area (Å²) in [5.41, 5.74) is 1.39. The van der Waals surface area contributed by atoms with E-state index in [0.717, 1.165) is 64.5 Å². The van der Waals surface area contributed by atoms with Crippen LogP contribution in [0, 0.1) is 43.3 Å². The Labute approximate surface area is 225 Å². The summed E-state index contributed by atoms with van der Waals surface area (Å²) in [7, 11) is 0. The minimum absolute atomic E-state index is 0.207. The summed E-state index contributed by atoms with van der Waals surface area (Å²) >= 11 is 0. The van der Waals surface area contributed by atoms with Crippen molar-refractivity contribution in [2.24, 2.45) is 43.3 Å². The molecule has 0 radical (unpaired) electrons. The van der Waals surface area contributed by atoms with Crippen molar-refractivity contribution in [3.05, 3.63) is 0 Å². The largest absolute Gasteiger partial charge is 0.324 e. The van der Waals surface area contributed by atoms with Crippen molar-refractivity contribution < 1.29 is 9.59 Å². The molecule has 0 aromatic heterocycles. The van der Waals surface area contributed by atoms with Crippen LogP contribution in [0.1, 0.15) is 131 Å². The van der Waals surface area contributed by atoms with Crippen LogP contribution >= 0.6 is 0 Å². The van der Waals surface area contributed by atoms with Crippen molar-refractivity contribution in [3.63, 3.8) is 0 Å². The van der Waals surface area contributed by atoms with E-state index in [1.165, 1.54) is 38.5 Å². The third-order valence-electron chi connectivity index (χ3n) is 12.6. The predicted molar refractivity (Wildman–Crippen MR) is 146 cm³/mol. The van der Waals surface area contributed by atoms with Gasteiger partial charge in [-0.15, -0.1) is 0 Å². The average molecular weight is 509 g/mol. The number of rotatable bonds is 2. The summed E-state index contributed by atoms with van der Waals surface area (Å²) in [6.45, 7) is 17.0. The van der Waals surface area contributed by atoms with E-state index >= 15 is 0 Å². The maximum Gasteiger partial charge on any atom is 0.230 e. The molecule has 0 aromatic rings. The van der Waals surface area contributed by atoms with Crippen molar-refractivity contribution in [2.45, 2.75) is 131 Å². The highest BCUT2D eigenvalue weighted by Gasteiger charge is 2.68. The fraction of sp³-hybridized carbons (Fsp3) is 0.939. The first-order chi connectivity index (χ1) is 17.0. The van der Waals surface area contributed by atoms with E-state index in [0.29, 0.717) is 51.0 Å². The maximum atomic E-state index is 14.6. The maximum absolute atomic E-state index is 14.6. The Hall–Kier alpha value is -1.06. The van der Waals surface area contributed by atoms with Crippen LogP contribution < -0.4 is 0 Å². The molecule has 0 aromatic carbocycles. The van der Waals surface area contributed by atoms with Gasteiger partial charge in [0.25, 0.3) is 0 Å². The highest BCUT2D eigenvalue weighted by Crippen LogP contribution is 2.75. The molecular formula is C33H52N2O2. The van der Waals surface area contributed by atoms with Crippen LogP contribution in [0.25, 0.3) is 0 Å². The van der Waals surface area contributed by atoms with Gasteiger partial charge in [0, 0.05) is 13.1 Å². The first kappa shape index (κ1) is 24.9. The Morgan fingerprint density at radius 3 is 0.919 bits per heavy atom. The lowest BCUT2D eigenvalue weighted by Crippen LogP contribution is -2.65. The average Bonchev–Trinajstić information content (AvgIpc) is 2.91. The normalized spacial score (nSPS) is 56.1. The van der Waals surface area contributed by atoms with Gasteiger partial charge in [-0.25, -0.2) is 0 Å². The van der Waals surface area contributed by atoms with Crippen molar-refractivity contribution in [2.75, 3.05) is 19.8 Å². The Bertz CT molecular complexity index is 871. The fourth-order valence-electron chi connectivity index (χ4n) is 15.0. The second-order valence-electron chi connectivity index (χ2n) is 18.5. The summed E-state index contributed by atoms with van der Waals surface area (Å²) < 4.78 is 0. The van der Waals surface area contributed by atoms with E-state index in [2.05, 4.69) is 51.3 Å².